The van der Waals surface area contributed by atoms with Gasteiger partial charge in [0.05, 0.1) is 6.07 Å². The molecule has 0 amide bonds. The summed E-state index contributed by atoms with van der Waals surface area (Å²) in [5.41, 5.74) is 4.00. The molecule has 0 fully saturated rings. The minimum atomic E-state index is -1.65. The van der Waals surface area contributed by atoms with Crippen molar-refractivity contribution >= 4 is 8.07 Å². The second kappa shape index (κ2) is 4.15. The van der Waals surface area contributed by atoms with E-state index in [-0.39, 0.29) is 5.54 Å². The van der Waals surface area contributed by atoms with Gasteiger partial charge in [0.25, 0.3) is 0 Å². The highest BCUT2D eigenvalue weighted by Crippen LogP contribution is 2.26. The summed E-state index contributed by atoms with van der Waals surface area (Å²) in [4.78, 5) is 0. The summed E-state index contributed by atoms with van der Waals surface area (Å²) >= 11 is 0. The van der Waals surface area contributed by atoms with Crippen molar-refractivity contribution < 1.29 is 0 Å². The van der Waals surface area contributed by atoms with Crippen molar-refractivity contribution in [3.05, 3.63) is 24.6 Å². The van der Waals surface area contributed by atoms with Crippen molar-refractivity contribution in [2.75, 3.05) is 0 Å². The van der Waals surface area contributed by atoms with E-state index in [0.29, 0.717) is 0 Å². The van der Waals surface area contributed by atoms with E-state index in [1.807, 2.05) is 18.3 Å². The second-order valence-electron chi connectivity index (χ2n) is 2.72. The highest BCUT2D eigenvalue weighted by Gasteiger charge is 2.30. The summed E-state index contributed by atoms with van der Waals surface area (Å²) in [6, 6.07) is 3.30. The lowest BCUT2D eigenvalue weighted by Crippen LogP contribution is -2.32. The van der Waals surface area contributed by atoms with Crippen LogP contribution in [0, 0.1) is 11.3 Å². The Labute approximate surface area is 70.1 Å². The van der Waals surface area contributed by atoms with Gasteiger partial charge >= 0.3 is 0 Å². The Balaban J connectivity index is 4.70. The zero-order valence-corrected chi connectivity index (χ0v) is 8.30. The molecule has 0 aromatic carbocycles. The first-order valence-electron chi connectivity index (χ1n) is 3.83. The molecule has 0 aromatic heterocycles. The van der Waals surface area contributed by atoms with Crippen molar-refractivity contribution in [3.63, 3.8) is 0 Å². The Kier molecular flexibility index (Phi) is 3.84. The molecule has 0 spiro atoms. The first-order chi connectivity index (χ1) is 5.16. The lowest BCUT2D eigenvalue weighted by molar-refractivity contribution is 1.12. The Morgan fingerprint density at radius 3 is 2.09 bits per heavy atom. The Bertz CT molecular complexity index is 182. The van der Waals surface area contributed by atoms with Crippen LogP contribution in [0.2, 0.25) is 11.6 Å². The van der Waals surface area contributed by atoms with Crippen LogP contribution in [-0.2, 0) is 0 Å². The summed E-state index contributed by atoms with van der Waals surface area (Å²) < 4.78 is 0. The predicted octanol–water partition coefficient (Wildman–Crippen LogP) is 2.82. The maximum absolute atomic E-state index is 8.75. The third-order valence-electron chi connectivity index (χ3n) is 2.37. The number of nitriles is 1. The molecule has 60 valence electrons. The molecule has 0 N–H and O–H groups in total. The molecule has 1 atom stereocenters. The summed E-state index contributed by atoms with van der Waals surface area (Å²) in [6.45, 7) is 11.6. The predicted molar refractivity (Wildman–Crippen MR) is 51.7 cm³/mol. The van der Waals surface area contributed by atoms with Crippen LogP contribution in [0.5, 0.6) is 0 Å². The van der Waals surface area contributed by atoms with E-state index in [1.165, 1.54) is 0 Å². The zero-order valence-electron chi connectivity index (χ0n) is 7.30. The van der Waals surface area contributed by atoms with E-state index in [9.17, 15) is 0 Å². The molecule has 2 heteroatoms. The normalized spacial score (nSPS) is 13.2. The molecule has 11 heavy (non-hydrogen) atoms. The SMILES string of the molecule is C=C[Si](C=C)(CC)C(C)C#N. The van der Waals surface area contributed by atoms with Gasteiger partial charge in [0, 0.05) is 5.54 Å². The van der Waals surface area contributed by atoms with Crippen LogP contribution < -0.4 is 0 Å². The molecule has 0 heterocycles. The molecule has 1 unspecified atom stereocenters. The van der Waals surface area contributed by atoms with Gasteiger partial charge in [-0.3, -0.25) is 0 Å². The molecular formula is C9H15NSi. The van der Waals surface area contributed by atoms with Gasteiger partial charge in [-0.1, -0.05) is 31.3 Å². The number of nitrogens with zero attached hydrogens (tertiary/aromatic N) is 1. The van der Waals surface area contributed by atoms with Gasteiger partial charge in [-0.25, -0.2) is 0 Å². The van der Waals surface area contributed by atoms with E-state index >= 15 is 0 Å². The number of hydrogen-bond acceptors (Lipinski definition) is 1. The molecule has 0 aliphatic rings. The average molecular weight is 165 g/mol. The van der Waals surface area contributed by atoms with Crippen molar-refractivity contribution in [2.45, 2.75) is 25.4 Å². The number of rotatable bonds is 4. The highest BCUT2D eigenvalue weighted by atomic mass is 28.3. The van der Waals surface area contributed by atoms with Crippen molar-refractivity contribution in [1.82, 2.24) is 0 Å². The Hall–Kier alpha value is -0.813. The van der Waals surface area contributed by atoms with E-state index < -0.39 is 8.07 Å². The highest BCUT2D eigenvalue weighted by molar-refractivity contribution is 6.90. The van der Waals surface area contributed by atoms with Gasteiger partial charge in [-0.05, 0) is 0 Å². The van der Waals surface area contributed by atoms with Gasteiger partial charge in [0.1, 0.15) is 8.07 Å². The number of hydrogen-bond donors (Lipinski definition) is 0. The standard InChI is InChI=1S/C9H15NSi/c1-5-11(6-2,7-3)9(4)8-10/h5-6,9H,1-2,7H2,3-4H3. The van der Waals surface area contributed by atoms with E-state index in [2.05, 4.69) is 26.2 Å². The first-order valence-corrected chi connectivity index (χ1v) is 6.27. The van der Waals surface area contributed by atoms with Crippen molar-refractivity contribution in [2.24, 2.45) is 0 Å². The van der Waals surface area contributed by atoms with Crippen LogP contribution in [0.15, 0.2) is 24.6 Å². The Morgan fingerprint density at radius 1 is 1.55 bits per heavy atom. The lowest BCUT2D eigenvalue weighted by atomic mass is 10.5. The minimum absolute atomic E-state index is 0.0995. The lowest BCUT2D eigenvalue weighted by Gasteiger charge is -2.24. The van der Waals surface area contributed by atoms with Gasteiger partial charge < -0.3 is 0 Å². The van der Waals surface area contributed by atoms with E-state index in [0.717, 1.165) is 6.04 Å². The molecular weight excluding hydrogens is 150 g/mol. The van der Waals surface area contributed by atoms with Crippen LogP contribution in [0.25, 0.3) is 0 Å². The molecule has 0 radical (unpaired) electrons. The van der Waals surface area contributed by atoms with Crippen LogP contribution in [-0.4, -0.2) is 8.07 Å². The molecule has 0 aliphatic heterocycles. The fourth-order valence-corrected chi connectivity index (χ4v) is 3.46. The van der Waals surface area contributed by atoms with Gasteiger partial charge in [-0.2, -0.15) is 5.26 Å². The van der Waals surface area contributed by atoms with Crippen LogP contribution in [0.1, 0.15) is 13.8 Å². The van der Waals surface area contributed by atoms with Crippen molar-refractivity contribution in [1.29, 1.82) is 5.26 Å². The summed E-state index contributed by atoms with van der Waals surface area (Å²) in [6.07, 6.45) is 0. The van der Waals surface area contributed by atoms with E-state index in [1.54, 1.807) is 0 Å². The smallest absolute Gasteiger partial charge is 0.118 e. The van der Waals surface area contributed by atoms with Gasteiger partial charge in [-0.15, -0.1) is 13.2 Å². The third kappa shape index (κ3) is 1.81. The largest absolute Gasteiger partial charge is 0.198 e. The van der Waals surface area contributed by atoms with Crippen LogP contribution in [0.4, 0.5) is 0 Å². The van der Waals surface area contributed by atoms with Gasteiger partial charge in [0.15, 0.2) is 0 Å². The average Bonchev–Trinajstić information content (AvgIpc) is 2.08. The van der Waals surface area contributed by atoms with Crippen molar-refractivity contribution in [3.8, 4) is 6.07 Å². The van der Waals surface area contributed by atoms with E-state index in [4.69, 9.17) is 5.26 Å². The summed E-state index contributed by atoms with van der Waals surface area (Å²) in [7, 11) is -1.65. The summed E-state index contributed by atoms with van der Waals surface area (Å²) in [5, 5.41) is 8.75. The molecule has 0 bridgehead atoms. The molecule has 0 rings (SSSR count). The third-order valence-corrected chi connectivity index (χ3v) is 6.86. The zero-order chi connectivity index (χ0) is 8.91. The fraction of sp³-hybridized carbons (Fsp3) is 0.444. The Morgan fingerprint density at radius 2 is 2.00 bits per heavy atom. The topological polar surface area (TPSA) is 23.8 Å². The fourth-order valence-electron chi connectivity index (χ4n) is 1.15. The maximum atomic E-state index is 8.75. The molecule has 0 aliphatic carbocycles. The molecule has 0 saturated heterocycles. The second-order valence-corrected chi connectivity index (χ2v) is 7.34. The van der Waals surface area contributed by atoms with Crippen LogP contribution in [0.3, 0.4) is 0 Å². The molecule has 0 saturated carbocycles. The first kappa shape index (κ1) is 10.2. The molecule has 1 nitrogen and oxygen atoms in total. The monoisotopic (exact) mass is 165 g/mol. The summed E-state index contributed by atoms with van der Waals surface area (Å²) in [5.74, 6) is 0. The van der Waals surface area contributed by atoms with Gasteiger partial charge in [0.2, 0.25) is 0 Å². The maximum Gasteiger partial charge on any atom is 0.118 e. The quantitative estimate of drug-likeness (QED) is 0.588. The van der Waals surface area contributed by atoms with Crippen LogP contribution >= 0.6 is 0 Å². The minimum Gasteiger partial charge on any atom is -0.198 e. The molecule has 0 aromatic rings.